The summed E-state index contributed by atoms with van der Waals surface area (Å²) in [6.07, 6.45) is 7.08. The Morgan fingerprint density at radius 2 is 1.50 bits per heavy atom. The lowest BCUT2D eigenvalue weighted by molar-refractivity contribution is -0.144. The number of benzene rings is 1. The molecule has 0 heterocycles. The summed E-state index contributed by atoms with van der Waals surface area (Å²) < 4.78 is 10.3. The van der Waals surface area contributed by atoms with E-state index in [-0.39, 0.29) is 29.6 Å². The minimum absolute atomic E-state index is 0.110. The van der Waals surface area contributed by atoms with Crippen molar-refractivity contribution in [2.24, 2.45) is 0 Å². The molecule has 0 aliphatic rings. The molecule has 0 bridgehead atoms. The largest absolute Gasteiger partial charge is 0.466 e. The lowest BCUT2D eigenvalue weighted by Gasteiger charge is -2.07. The molecule has 0 amide bonds. The highest BCUT2D eigenvalue weighted by molar-refractivity contribution is 6.43. The lowest BCUT2D eigenvalue weighted by atomic mass is 10.1. The van der Waals surface area contributed by atoms with Crippen LogP contribution < -0.4 is 4.74 Å². The summed E-state index contributed by atoms with van der Waals surface area (Å²) in [6.45, 7) is 0.427. The molecule has 0 unspecified atom stereocenters. The number of carbonyl (C=O) groups is 2. The highest BCUT2D eigenvalue weighted by Crippen LogP contribution is 2.31. The molecule has 0 aliphatic heterocycles. The van der Waals surface area contributed by atoms with E-state index >= 15 is 0 Å². The van der Waals surface area contributed by atoms with Crippen molar-refractivity contribution in [3.05, 3.63) is 28.2 Å². The van der Waals surface area contributed by atoms with Gasteiger partial charge < -0.3 is 9.47 Å². The Kier molecular flexibility index (Phi) is 12.5. The first-order valence-corrected chi connectivity index (χ1v) is 10.2. The van der Waals surface area contributed by atoms with Gasteiger partial charge in [-0.1, -0.05) is 55.0 Å². The third-order valence-corrected chi connectivity index (χ3v) is 4.76. The van der Waals surface area contributed by atoms with Gasteiger partial charge in [0.2, 0.25) is 0 Å². The summed E-state index contributed by atoms with van der Waals surface area (Å²) in [5, 5.41) is 0.518. The fourth-order valence-electron chi connectivity index (χ4n) is 2.28. The van der Waals surface area contributed by atoms with Gasteiger partial charge in [0, 0.05) is 18.7 Å². The van der Waals surface area contributed by atoms with Crippen molar-refractivity contribution < 1.29 is 19.1 Å². The second-order valence-electron chi connectivity index (χ2n) is 5.91. The summed E-state index contributed by atoms with van der Waals surface area (Å²) in [5.41, 5.74) is 0. The molecule has 4 nitrogen and oxygen atoms in total. The van der Waals surface area contributed by atoms with Crippen molar-refractivity contribution in [3.63, 3.8) is 0 Å². The Hall–Kier alpha value is -0.970. The van der Waals surface area contributed by atoms with E-state index in [2.05, 4.69) is 0 Å². The normalized spacial score (nSPS) is 10.6. The molecule has 0 N–H and O–H groups in total. The van der Waals surface area contributed by atoms with Crippen molar-refractivity contribution in [2.75, 3.05) is 12.5 Å². The monoisotopic (exact) mass is 422 g/mol. The summed E-state index contributed by atoms with van der Waals surface area (Å²) in [6, 6.07) is 4.82. The van der Waals surface area contributed by atoms with Crippen molar-refractivity contribution in [3.8, 4) is 5.75 Å². The van der Waals surface area contributed by atoms with Crippen LogP contribution in [0.15, 0.2) is 18.2 Å². The Morgan fingerprint density at radius 3 is 2.23 bits per heavy atom. The van der Waals surface area contributed by atoms with Crippen LogP contribution in [-0.4, -0.2) is 24.4 Å². The van der Waals surface area contributed by atoms with E-state index in [0.29, 0.717) is 18.1 Å². The van der Waals surface area contributed by atoms with E-state index in [1.165, 1.54) is 6.42 Å². The quantitative estimate of drug-likeness (QED) is 0.164. The standard InChI is InChI=1S/C19H25Cl3O4/c20-13-5-3-1-2-4-6-14-25-17(23)11-8-12-18(24)26-16-10-7-9-15(21)19(16)22/h7,9-10H,1-6,8,11-14H2. The number of alkyl halides is 1. The van der Waals surface area contributed by atoms with E-state index in [9.17, 15) is 9.59 Å². The van der Waals surface area contributed by atoms with E-state index in [1.54, 1.807) is 18.2 Å². The van der Waals surface area contributed by atoms with E-state index < -0.39 is 5.97 Å². The van der Waals surface area contributed by atoms with Crippen molar-refractivity contribution in [2.45, 2.75) is 57.8 Å². The van der Waals surface area contributed by atoms with Crippen LogP contribution in [0.2, 0.25) is 10.0 Å². The van der Waals surface area contributed by atoms with Crippen molar-refractivity contribution >= 4 is 46.7 Å². The molecular weight excluding hydrogens is 399 g/mol. The van der Waals surface area contributed by atoms with Crippen LogP contribution >= 0.6 is 34.8 Å². The fraction of sp³-hybridized carbons (Fsp3) is 0.579. The summed E-state index contributed by atoms with van der Waals surface area (Å²) >= 11 is 17.4. The third kappa shape index (κ3) is 10.2. The van der Waals surface area contributed by atoms with E-state index in [4.69, 9.17) is 44.3 Å². The van der Waals surface area contributed by atoms with Gasteiger partial charge in [0.25, 0.3) is 0 Å². The average Bonchev–Trinajstić information content (AvgIpc) is 2.61. The smallest absolute Gasteiger partial charge is 0.311 e. The minimum Gasteiger partial charge on any atom is -0.466 e. The van der Waals surface area contributed by atoms with Gasteiger partial charge in [0.1, 0.15) is 5.02 Å². The van der Waals surface area contributed by atoms with Gasteiger partial charge in [-0.05, 0) is 31.4 Å². The fourth-order valence-corrected chi connectivity index (χ4v) is 2.79. The number of hydrogen-bond donors (Lipinski definition) is 0. The van der Waals surface area contributed by atoms with Crippen LogP contribution in [0, 0.1) is 0 Å². The maximum atomic E-state index is 11.8. The zero-order valence-electron chi connectivity index (χ0n) is 14.8. The van der Waals surface area contributed by atoms with E-state index in [0.717, 1.165) is 38.0 Å². The molecule has 1 aromatic rings. The average molecular weight is 424 g/mol. The molecular formula is C19H25Cl3O4. The molecule has 146 valence electrons. The first-order valence-electron chi connectivity index (χ1n) is 8.91. The van der Waals surface area contributed by atoms with Crippen LogP contribution in [0.5, 0.6) is 5.75 Å². The van der Waals surface area contributed by atoms with Gasteiger partial charge in [-0.2, -0.15) is 0 Å². The number of rotatable bonds is 13. The predicted molar refractivity (Wildman–Crippen MR) is 105 cm³/mol. The molecule has 0 fully saturated rings. The molecule has 1 aromatic carbocycles. The van der Waals surface area contributed by atoms with Gasteiger partial charge in [-0.3, -0.25) is 9.59 Å². The molecule has 7 heteroatoms. The van der Waals surface area contributed by atoms with Crippen molar-refractivity contribution in [1.29, 1.82) is 0 Å². The third-order valence-electron chi connectivity index (χ3n) is 3.69. The number of halogens is 3. The van der Waals surface area contributed by atoms with Gasteiger partial charge in [0.05, 0.1) is 11.6 Å². The Morgan fingerprint density at radius 1 is 0.846 bits per heavy atom. The first-order chi connectivity index (χ1) is 12.5. The molecule has 0 saturated heterocycles. The van der Waals surface area contributed by atoms with Gasteiger partial charge in [0.15, 0.2) is 5.75 Å². The molecule has 0 saturated carbocycles. The SMILES string of the molecule is O=C(CCCC(=O)Oc1cccc(Cl)c1Cl)OCCCCCCCCCl. The van der Waals surface area contributed by atoms with Crippen LogP contribution in [0.3, 0.4) is 0 Å². The van der Waals surface area contributed by atoms with Gasteiger partial charge in [-0.15, -0.1) is 11.6 Å². The summed E-state index contributed by atoms with van der Waals surface area (Å²) in [5.74, 6) is 0.189. The Labute approximate surface area is 170 Å². The van der Waals surface area contributed by atoms with Gasteiger partial charge in [-0.25, -0.2) is 0 Å². The number of carbonyl (C=O) groups excluding carboxylic acids is 2. The predicted octanol–water partition coefficient (Wildman–Crippen LogP) is 6.19. The molecule has 0 atom stereocenters. The van der Waals surface area contributed by atoms with Crippen LogP contribution in [0.25, 0.3) is 0 Å². The molecule has 0 spiro atoms. The molecule has 26 heavy (non-hydrogen) atoms. The first kappa shape index (κ1) is 23.1. The van der Waals surface area contributed by atoms with Crippen LogP contribution in [0.1, 0.15) is 57.8 Å². The zero-order valence-corrected chi connectivity index (χ0v) is 17.0. The number of unbranched alkanes of at least 4 members (excludes halogenated alkanes) is 5. The number of hydrogen-bond acceptors (Lipinski definition) is 4. The lowest BCUT2D eigenvalue weighted by Crippen LogP contribution is -2.10. The Bertz CT molecular complexity index is 564. The highest BCUT2D eigenvalue weighted by Gasteiger charge is 2.12. The second-order valence-corrected chi connectivity index (χ2v) is 7.07. The van der Waals surface area contributed by atoms with Crippen LogP contribution in [0.4, 0.5) is 0 Å². The van der Waals surface area contributed by atoms with Gasteiger partial charge >= 0.3 is 11.9 Å². The van der Waals surface area contributed by atoms with Crippen molar-refractivity contribution in [1.82, 2.24) is 0 Å². The minimum atomic E-state index is -0.459. The molecule has 0 radical (unpaired) electrons. The Balaban J connectivity index is 2.07. The molecule has 0 aromatic heterocycles. The zero-order chi connectivity index (χ0) is 19.2. The van der Waals surface area contributed by atoms with Crippen LogP contribution in [-0.2, 0) is 14.3 Å². The maximum absolute atomic E-state index is 11.8. The molecule has 0 aliphatic carbocycles. The number of esters is 2. The second kappa shape index (κ2) is 14.1. The maximum Gasteiger partial charge on any atom is 0.311 e. The summed E-state index contributed by atoms with van der Waals surface area (Å²) in [4.78, 5) is 23.4. The highest BCUT2D eigenvalue weighted by atomic mass is 35.5. The number of ether oxygens (including phenoxy) is 2. The van der Waals surface area contributed by atoms with E-state index in [1.807, 2.05) is 0 Å². The summed E-state index contributed by atoms with van der Waals surface area (Å²) in [7, 11) is 0. The topological polar surface area (TPSA) is 52.6 Å². The molecule has 1 rings (SSSR count).